The number of imide groups is 1. The summed E-state index contributed by atoms with van der Waals surface area (Å²) in [5.74, 6) is -2.25. The number of hydrogen-bond donors (Lipinski definition) is 1. The largest absolute Gasteiger partial charge is 0.455 e. The third-order valence-electron chi connectivity index (χ3n) is 4.99. The van der Waals surface area contributed by atoms with Crippen LogP contribution in [-0.2, 0) is 26.8 Å². The van der Waals surface area contributed by atoms with E-state index in [2.05, 4.69) is 5.32 Å². The number of esters is 1. The molecule has 0 bridgehead atoms. The molecule has 0 aliphatic heterocycles. The number of amides is 2. The number of rotatable bonds is 5. The predicted molar refractivity (Wildman–Crippen MR) is 95.4 cm³/mol. The van der Waals surface area contributed by atoms with Gasteiger partial charge in [0, 0.05) is 13.2 Å². The molecule has 1 saturated carbocycles. The number of carbonyl (C=O) groups is 3. The van der Waals surface area contributed by atoms with Crippen molar-refractivity contribution < 1.29 is 23.5 Å². The van der Waals surface area contributed by atoms with Gasteiger partial charge in [0.1, 0.15) is 11.5 Å². The Kier molecular flexibility index (Phi) is 5.39. The van der Waals surface area contributed by atoms with Crippen molar-refractivity contribution in [2.45, 2.75) is 31.1 Å². The summed E-state index contributed by atoms with van der Waals surface area (Å²) in [7, 11) is 1.68. The Labute approximate surface area is 156 Å². The summed E-state index contributed by atoms with van der Waals surface area (Å²) in [5, 5.41) is 2.19. The van der Waals surface area contributed by atoms with Gasteiger partial charge in [-0.15, -0.1) is 0 Å². The number of nitrogens with zero attached hydrogens (tertiary/aromatic N) is 1. The fraction of sp³-hybridized carbons (Fsp3) is 0.350. The lowest BCUT2D eigenvalue weighted by Gasteiger charge is -2.27. The fourth-order valence-corrected chi connectivity index (χ4v) is 3.57. The molecular weight excluding hydrogens is 351 g/mol. The first-order chi connectivity index (χ1) is 12.9. The number of aryl methyl sites for hydroxylation is 1. The number of halogens is 1. The quantitative estimate of drug-likeness (QED) is 0.818. The van der Waals surface area contributed by atoms with E-state index in [0.29, 0.717) is 24.1 Å². The summed E-state index contributed by atoms with van der Waals surface area (Å²) in [5.41, 5.74) is -0.0585. The van der Waals surface area contributed by atoms with E-state index in [-0.39, 0.29) is 0 Å². The second kappa shape index (κ2) is 7.73. The van der Waals surface area contributed by atoms with Gasteiger partial charge in [-0.2, -0.15) is 0 Å². The first-order valence-corrected chi connectivity index (χ1v) is 8.81. The zero-order chi connectivity index (χ0) is 19.4. The van der Waals surface area contributed by atoms with Crippen molar-refractivity contribution in [1.29, 1.82) is 0 Å². The van der Waals surface area contributed by atoms with Crippen LogP contribution in [0.15, 0.2) is 42.6 Å². The topological polar surface area (TPSA) is 77.4 Å². The molecule has 1 N–H and O–H groups in total. The molecule has 1 aliphatic rings. The van der Waals surface area contributed by atoms with Crippen LogP contribution >= 0.6 is 0 Å². The van der Waals surface area contributed by atoms with Gasteiger partial charge >= 0.3 is 5.97 Å². The van der Waals surface area contributed by atoms with Crippen LogP contribution in [0, 0.1) is 5.82 Å². The highest BCUT2D eigenvalue weighted by Gasteiger charge is 2.44. The fourth-order valence-electron chi connectivity index (χ4n) is 3.57. The maximum atomic E-state index is 13.6. The molecular formula is C20H21FN2O4. The molecule has 1 fully saturated rings. The number of nitrogens with one attached hydrogen (secondary N) is 1. The molecule has 0 atom stereocenters. The number of carbonyl (C=O) groups excluding carboxylic acids is 3. The number of aromatic nitrogens is 1. The van der Waals surface area contributed by atoms with Crippen molar-refractivity contribution >= 4 is 17.8 Å². The Hall–Kier alpha value is -2.96. The molecule has 0 unspecified atom stereocenters. The van der Waals surface area contributed by atoms with Gasteiger partial charge in [-0.3, -0.25) is 19.7 Å². The van der Waals surface area contributed by atoms with E-state index >= 15 is 0 Å². The van der Waals surface area contributed by atoms with Crippen molar-refractivity contribution in [1.82, 2.24) is 9.88 Å². The second-order valence-electron chi connectivity index (χ2n) is 6.76. The average molecular weight is 372 g/mol. The summed E-state index contributed by atoms with van der Waals surface area (Å²) >= 11 is 0. The van der Waals surface area contributed by atoms with Crippen LogP contribution in [0.25, 0.3) is 0 Å². The summed E-state index contributed by atoms with van der Waals surface area (Å²) in [6.07, 6.45) is 4.41. The monoisotopic (exact) mass is 372 g/mol. The van der Waals surface area contributed by atoms with E-state index in [9.17, 15) is 18.8 Å². The molecule has 1 aliphatic carbocycles. The standard InChI is InChI=1S/C20H21FN2O4/c1-23-11-5-8-16(23)18(25)22-17(24)13-27-19(26)20(9-2-3-10-20)14-6-4-7-15(21)12-14/h4-8,11-12H,2-3,9-10,13H2,1H3,(H,22,24,25). The molecule has 2 aromatic rings. The first-order valence-electron chi connectivity index (χ1n) is 8.81. The SMILES string of the molecule is Cn1cccc1C(=O)NC(=O)COC(=O)C1(c2cccc(F)c2)CCCC1. The molecule has 1 aromatic heterocycles. The van der Waals surface area contributed by atoms with Gasteiger partial charge in [-0.25, -0.2) is 4.39 Å². The maximum Gasteiger partial charge on any atom is 0.317 e. The van der Waals surface area contributed by atoms with Crippen LogP contribution in [0.2, 0.25) is 0 Å². The van der Waals surface area contributed by atoms with Crippen molar-refractivity contribution in [2.24, 2.45) is 7.05 Å². The highest BCUT2D eigenvalue weighted by atomic mass is 19.1. The Morgan fingerprint density at radius 1 is 1.19 bits per heavy atom. The zero-order valence-electron chi connectivity index (χ0n) is 15.0. The second-order valence-corrected chi connectivity index (χ2v) is 6.76. The van der Waals surface area contributed by atoms with Crippen LogP contribution in [0.5, 0.6) is 0 Å². The lowest BCUT2D eigenvalue weighted by atomic mass is 9.79. The normalized spacial score (nSPS) is 15.3. The minimum atomic E-state index is -0.940. The molecule has 7 heteroatoms. The van der Waals surface area contributed by atoms with E-state index in [1.54, 1.807) is 42.1 Å². The lowest BCUT2D eigenvalue weighted by molar-refractivity contribution is -0.154. The van der Waals surface area contributed by atoms with Gasteiger partial charge in [-0.05, 0) is 42.7 Å². The molecule has 3 rings (SSSR count). The third-order valence-corrected chi connectivity index (χ3v) is 4.99. The summed E-state index contributed by atoms with van der Waals surface area (Å²) in [6.45, 7) is -0.563. The maximum absolute atomic E-state index is 13.6. The van der Waals surface area contributed by atoms with E-state index in [1.165, 1.54) is 12.1 Å². The molecule has 0 spiro atoms. The Morgan fingerprint density at radius 2 is 1.93 bits per heavy atom. The van der Waals surface area contributed by atoms with Gasteiger partial charge in [0.2, 0.25) is 0 Å². The molecule has 0 radical (unpaired) electrons. The summed E-state index contributed by atoms with van der Waals surface area (Å²) < 4.78 is 20.4. The highest BCUT2D eigenvalue weighted by Crippen LogP contribution is 2.42. The molecule has 1 aromatic carbocycles. The van der Waals surface area contributed by atoms with E-state index in [1.807, 2.05) is 0 Å². The zero-order valence-corrected chi connectivity index (χ0v) is 15.0. The Morgan fingerprint density at radius 3 is 2.56 bits per heavy atom. The van der Waals surface area contributed by atoms with Gasteiger partial charge in [0.05, 0.1) is 5.41 Å². The van der Waals surface area contributed by atoms with Crippen LogP contribution in [0.3, 0.4) is 0 Å². The van der Waals surface area contributed by atoms with Gasteiger partial charge in [0.15, 0.2) is 6.61 Å². The Bertz CT molecular complexity index is 868. The molecule has 1 heterocycles. The van der Waals surface area contributed by atoms with Crippen LogP contribution in [0.1, 0.15) is 41.7 Å². The van der Waals surface area contributed by atoms with E-state index in [0.717, 1.165) is 12.8 Å². The molecule has 142 valence electrons. The number of hydrogen-bond acceptors (Lipinski definition) is 4. The van der Waals surface area contributed by atoms with Gasteiger partial charge in [0.25, 0.3) is 11.8 Å². The van der Waals surface area contributed by atoms with Crippen molar-refractivity contribution in [3.63, 3.8) is 0 Å². The van der Waals surface area contributed by atoms with Crippen molar-refractivity contribution in [3.8, 4) is 0 Å². The first kappa shape index (κ1) is 18.8. The number of benzene rings is 1. The molecule has 6 nitrogen and oxygen atoms in total. The van der Waals surface area contributed by atoms with Crippen LogP contribution < -0.4 is 5.32 Å². The minimum Gasteiger partial charge on any atom is -0.455 e. The van der Waals surface area contributed by atoms with Crippen molar-refractivity contribution in [2.75, 3.05) is 6.61 Å². The van der Waals surface area contributed by atoms with Gasteiger partial charge < -0.3 is 9.30 Å². The molecule has 0 saturated heterocycles. The Balaban J connectivity index is 1.64. The average Bonchev–Trinajstić information content (AvgIpc) is 3.29. The van der Waals surface area contributed by atoms with Crippen LogP contribution in [-0.4, -0.2) is 29.0 Å². The van der Waals surface area contributed by atoms with Crippen molar-refractivity contribution in [3.05, 3.63) is 59.7 Å². The van der Waals surface area contributed by atoms with E-state index in [4.69, 9.17) is 4.74 Å². The predicted octanol–water partition coefficient (Wildman–Crippen LogP) is 2.48. The summed E-state index contributed by atoms with van der Waals surface area (Å²) in [4.78, 5) is 36.8. The third kappa shape index (κ3) is 3.92. The van der Waals surface area contributed by atoms with Crippen LogP contribution in [0.4, 0.5) is 4.39 Å². The highest BCUT2D eigenvalue weighted by molar-refractivity contribution is 6.04. The van der Waals surface area contributed by atoms with Gasteiger partial charge in [-0.1, -0.05) is 25.0 Å². The lowest BCUT2D eigenvalue weighted by Crippen LogP contribution is -2.39. The molecule has 27 heavy (non-hydrogen) atoms. The molecule has 2 amide bonds. The number of ether oxygens (including phenoxy) is 1. The summed E-state index contributed by atoms with van der Waals surface area (Å²) in [6, 6.07) is 9.18. The van der Waals surface area contributed by atoms with E-state index < -0.39 is 35.6 Å². The minimum absolute atomic E-state index is 0.321. The smallest absolute Gasteiger partial charge is 0.317 e.